The summed E-state index contributed by atoms with van der Waals surface area (Å²) in [6, 6.07) is 6.34. The minimum Gasteiger partial charge on any atom is -0.434 e. The van der Waals surface area contributed by atoms with E-state index in [4.69, 9.17) is 10.5 Å². The molecule has 0 bridgehead atoms. The van der Waals surface area contributed by atoms with Gasteiger partial charge >= 0.3 is 6.61 Å². The fourth-order valence-corrected chi connectivity index (χ4v) is 2.23. The smallest absolute Gasteiger partial charge is 0.387 e. The second-order valence-electron chi connectivity index (χ2n) is 4.76. The summed E-state index contributed by atoms with van der Waals surface area (Å²) < 4.78 is 34.4. The zero-order valence-electron chi connectivity index (χ0n) is 11.4. The number of halogens is 2. The number of carbonyl (C=O) groups is 1. The number of hydrogen-bond donors (Lipinski definition) is 2. The van der Waals surface area contributed by atoms with Crippen molar-refractivity contribution >= 4 is 5.91 Å². The Labute approximate surface area is 121 Å². The first-order valence-corrected chi connectivity index (χ1v) is 6.76. The molecule has 3 N–H and O–H groups in total. The van der Waals surface area contributed by atoms with Crippen molar-refractivity contribution in [1.29, 1.82) is 0 Å². The van der Waals surface area contributed by atoms with Crippen LogP contribution < -0.4 is 15.8 Å². The molecule has 1 amide bonds. The van der Waals surface area contributed by atoms with Gasteiger partial charge in [-0.1, -0.05) is 18.2 Å². The first-order valence-electron chi connectivity index (χ1n) is 6.76. The zero-order chi connectivity index (χ0) is 15.2. The van der Waals surface area contributed by atoms with Gasteiger partial charge in [-0.3, -0.25) is 4.79 Å². The monoisotopic (exact) mass is 300 g/mol. The van der Waals surface area contributed by atoms with Crippen LogP contribution in [0.5, 0.6) is 5.75 Å². The third-order valence-electron chi connectivity index (χ3n) is 3.30. The van der Waals surface area contributed by atoms with E-state index in [1.165, 1.54) is 6.07 Å². The highest BCUT2D eigenvalue weighted by Crippen LogP contribution is 2.21. The van der Waals surface area contributed by atoms with Crippen molar-refractivity contribution in [1.82, 2.24) is 5.32 Å². The highest BCUT2D eigenvalue weighted by molar-refractivity contribution is 5.81. The Morgan fingerprint density at radius 1 is 1.43 bits per heavy atom. The second-order valence-corrected chi connectivity index (χ2v) is 4.76. The molecule has 1 aromatic carbocycles. The number of alkyl halides is 2. The molecule has 0 saturated carbocycles. The molecule has 2 atom stereocenters. The maximum Gasteiger partial charge on any atom is 0.387 e. The molecule has 2 rings (SSSR count). The molecule has 1 saturated heterocycles. The number of hydrogen-bond acceptors (Lipinski definition) is 4. The molecule has 116 valence electrons. The van der Waals surface area contributed by atoms with Gasteiger partial charge in [-0.25, -0.2) is 0 Å². The Morgan fingerprint density at radius 2 is 2.19 bits per heavy atom. The summed E-state index contributed by atoms with van der Waals surface area (Å²) >= 11 is 0. The molecule has 7 heteroatoms. The largest absolute Gasteiger partial charge is 0.434 e. The highest BCUT2D eigenvalue weighted by atomic mass is 19.3. The van der Waals surface area contributed by atoms with E-state index in [-0.39, 0.29) is 24.3 Å². The Kier molecular flexibility index (Phi) is 5.46. The Balaban J connectivity index is 1.89. The van der Waals surface area contributed by atoms with Crippen molar-refractivity contribution in [3.05, 3.63) is 29.8 Å². The van der Waals surface area contributed by atoms with Crippen LogP contribution in [0.25, 0.3) is 0 Å². The summed E-state index contributed by atoms with van der Waals surface area (Å²) in [5.41, 5.74) is 5.97. The molecule has 21 heavy (non-hydrogen) atoms. The van der Waals surface area contributed by atoms with Gasteiger partial charge < -0.3 is 20.5 Å². The van der Waals surface area contributed by atoms with E-state index in [1.807, 2.05) is 0 Å². The topological polar surface area (TPSA) is 73.6 Å². The summed E-state index contributed by atoms with van der Waals surface area (Å²) in [6.07, 6.45) is 0.750. The van der Waals surface area contributed by atoms with Gasteiger partial charge in [0.1, 0.15) is 11.9 Å². The van der Waals surface area contributed by atoms with E-state index in [1.54, 1.807) is 18.2 Å². The van der Waals surface area contributed by atoms with Crippen LogP contribution in [-0.4, -0.2) is 31.3 Å². The average molecular weight is 300 g/mol. The molecule has 1 aromatic rings. The van der Waals surface area contributed by atoms with Crippen LogP contribution >= 0.6 is 0 Å². The molecule has 0 spiro atoms. The number of benzene rings is 1. The molecule has 0 aliphatic carbocycles. The molecule has 0 aromatic heterocycles. The highest BCUT2D eigenvalue weighted by Gasteiger charge is 2.29. The van der Waals surface area contributed by atoms with E-state index < -0.39 is 12.7 Å². The van der Waals surface area contributed by atoms with E-state index in [9.17, 15) is 13.6 Å². The van der Waals surface area contributed by atoms with E-state index >= 15 is 0 Å². The van der Waals surface area contributed by atoms with Gasteiger partial charge in [-0.05, 0) is 18.9 Å². The van der Waals surface area contributed by atoms with Gasteiger partial charge in [0.15, 0.2) is 0 Å². The molecule has 5 nitrogen and oxygen atoms in total. The van der Waals surface area contributed by atoms with Crippen molar-refractivity contribution in [2.45, 2.75) is 38.2 Å². The fourth-order valence-electron chi connectivity index (χ4n) is 2.23. The van der Waals surface area contributed by atoms with Crippen molar-refractivity contribution in [3.63, 3.8) is 0 Å². The number of nitrogens with one attached hydrogen (secondary N) is 1. The average Bonchev–Trinajstić information content (AvgIpc) is 2.94. The lowest BCUT2D eigenvalue weighted by molar-refractivity contribution is -0.132. The molecular formula is C14H18F2N2O3. The third kappa shape index (κ3) is 4.37. The Morgan fingerprint density at radius 3 is 2.86 bits per heavy atom. The zero-order valence-corrected chi connectivity index (χ0v) is 11.4. The number of amides is 1. The molecule has 0 radical (unpaired) electrons. The predicted molar refractivity (Wildman–Crippen MR) is 71.9 cm³/mol. The molecule has 1 heterocycles. The Hall–Kier alpha value is -1.73. The van der Waals surface area contributed by atoms with Gasteiger partial charge in [-0.2, -0.15) is 8.78 Å². The fraction of sp³-hybridized carbons (Fsp3) is 0.500. The van der Waals surface area contributed by atoms with Crippen LogP contribution in [0.2, 0.25) is 0 Å². The number of para-hydroxylation sites is 1. The summed E-state index contributed by atoms with van der Waals surface area (Å²) in [5.74, 6) is -0.210. The normalized spacial score (nSPS) is 21.5. The van der Waals surface area contributed by atoms with Crippen LogP contribution in [0.1, 0.15) is 18.4 Å². The molecule has 1 aliphatic heterocycles. The van der Waals surface area contributed by atoms with Gasteiger partial charge in [-0.15, -0.1) is 0 Å². The van der Waals surface area contributed by atoms with Gasteiger partial charge in [0.2, 0.25) is 5.91 Å². The lowest BCUT2D eigenvalue weighted by Gasteiger charge is -2.14. The summed E-state index contributed by atoms with van der Waals surface area (Å²) in [4.78, 5) is 11.9. The first-order chi connectivity index (χ1) is 10.1. The lowest BCUT2D eigenvalue weighted by atomic mass is 10.1. The van der Waals surface area contributed by atoms with Crippen molar-refractivity contribution in [2.75, 3.05) is 6.54 Å². The van der Waals surface area contributed by atoms with Crippen LogP contribution in [-0.2, 0) is 16.1 Å². The van der Waals surface area contributed by atoms with Crippen molar-refractivity contribution in [2.24, 2.45) is 5.73 Å². The summed E-state index contributed by atoms with van der Waals surface area (Å²) in [5, 5.41) is 2.67. The third-order valence-corrected chi connectivity index (χ3v) is 3.30. The standard InChI is InChI=1S/C14H18F2N2O3/c15-14(16)21-11-4-2-1-3-9(11)8-18-13(19)12-6-5-10(7-17)20-12/h1-4,10,12,14H,5-8,17H2,(H,18,19). The number of rotatable bonds is 6. The SMILES string of the molecule is NCC1CCC(C(=O)NCc2ccccc2OC(F)F)O1. The quantitative estimate of drug-likeness (QED) is 0.833. The van der Waals surface area contributed by atoms with E-state index in [2.05, 4.69) is 10.1 Å². The number of carbonyl (C=O) groups excluding carboxylic acids is 1. The van der Waals surface area contributed by atoms with Crippen molar-refractivity contribution < 1.29 is 23.0 Å². The van der Waals surface area contributed by atoms with Crippen LogP contribution in [0, 0.1) is 0 Å². The minimum atomic E-state index is -2.90. The second kappa shape index (κ2) is 7.33. The van der Waals surface area contributed by atoms with Crippen LogP contribution in [0.15, 0.2) is 24.3 Å². The lowest BCUT2D eigenvalue weighted by Crippen LogP contribution is -2.35. The number of ether oxygens (including phenoxy) is 2. The van der Waals surface area contributed by atoms with Crippen LogP contribution in [0.4, 0.5) is 8.78 Å². The summed E-state index contributed by atoms with van der Waals surface area (Å²) in [6.45, 7) is -2.41. The predicted octanol–water partition coefficient (Wildman–Crippen LogP) is 1.41. The molecule has 2 unspecified atom stereocenters. The Bertz CT molecular complexity index is 485. The molecule has 1 aliphatic rings. The molecular weight excluding hydrogens is 282 g/mol. The maximum atomic E-state index is 12.3. The molecule has 1 fully saturated rings. The maximum absolute atomic E-state index is 12.3. The van der Waals surface area contributed by atoms with Gasteiger partial charge in [0.05, 0.1) is 6.10 Å². The number of nitrogens with two attached hydrogens (primary N) is 1. The van der Waals surface area contributed by atoms with Gasteiger partial charge in [0.25, 0.3) is 0 Å². The van der Waals surface area contributed by atoms with Crippen LogP contribution in [0.3, 0.4) is 0 Å². The van der Waals surface area contributed by atoms with E-state index in [0.717, 1.165) is 6.42 Å². The summed E-state index contributed by atoms with van der Waals surface area (Å²) in [7, 11) is 0. The first kappa shape index (κ1) is 15.7. The van der Waals surface area contributed by atoms with Crippen molar-refractivity contribution in [3.8, 4) is 5.75 Å². The van der Waals surface area contributed by atoms with Gasteiger partial charge in [0, 0.05) is 18.7 Å². The van der Waals surface area contributed by atoms with E-state index in [0.29, 0.717) is 18.5 Å². The minimum absolute atomic E-state index is 0.0555.